The van der Waals surface area contributed by atoms with Crippen LogP contribution in [-0.2, 0) is 0 Å². The molecule has 0 N–H and O–H groups in total. The minimum absolute atomic E-state index is 0.213. The first-order chi connectivity index (χ1) is 5.70. The summed E-state index contributed by atoms with van der Waals surface area (Å²) in [5.41, 5.74) is 0. The maximum absolute atomic E-state index is 8.87. The topological polar surface area (TPSA) is 42.6 Å². The highest BCUT2D eigenvalue weighted by Gasteiger charge is 2.27. The van der Waals surface area contributed by atoms with Gasteiger partial charge in [-0.3, -0.25) is 5.01 Å². The normalized spacial score (nSPS) is 22.1. The van der Waals surface area contributed by atoms with E-state index in [0.717, 1.165) is 6.54 Å². The molecule has 0 saturated heterocycles. The first-order valence-electron chi connectivity index (χ1n) is 4.18. The van der Waals surface area contributed by atoms with Gasteiger partial charge in [0.2, 0.25) is 6.17 Å². The Morgan fingerprint density at radius 1 is 1.67 bits per heavy atom. The molecular formula is C8H14N4. The quantitative estimate of drug-likeness (QED) is 0.610. The molecule has 0 aromatic carbocycles. The van der Waals surface area contributed by atoms with E-state index in [4.69, 9.17) is 5.26 Å². The van der Waals surface area contributed by atoms with Gasteiger partial charge in [0.05, 0.1) is 0 Å². The Bertz CT molecular complexity index is 216. The number of hydrogen-bond acceptors (Lipinski definition) is 4. The van der Waals surface area contributed by atoms with Gasteiger partial charge in [0, 0.05) is 12.6 Å². The Morgan fingerprint density at radius 3 is 2.75 bits per heavy atom. The van der Waals surface area contributed by atoms with Crippen molar-refractivity contribution in [3.05, 3.63) is 0 Å². The van der Waals surface area contributed by atoms with E-state index in [0.29, 0.717) is 0 Å². The number of rotatable bonds is 2. The summed E-state index contributed by atoms with van der Waals surface area (Å²) in [4.78, 5) is 1.92. The highest BCUT2D eigenvalue weighted by molar-refractivity contribution is 5.58. The largest absolute Gasteiger partial charge is 0.328 e. The second kappa shape index (κ2) is 3.44. The van der Waals surface area contributed by atoms with Crippen molar-refractivity contribution < 1.29 is 0 Å². The SMILES string of the molecule is CCN1C=NN(C(C)C)C1C#N. The van der Waals surface area contributed by atoms with E-state index >= 15 is 0 Å². The average Bonchev–Trinajstić information content (AvgIpc) is 2.46. The average molecular weight is 166 g/mol. The molecule has 66 valence electrons. The molecule has 0 fully saturated rings. The summed E-state index contributed by atoms with van der Waals surface area (Å²) in [6, 6.07) is 2.50. The van der Waals surface area contributed by atoms with Crippen LogP contribution in [0.15, 0.2) is 5.10 Å². The van der Waals surface area contributed by atoms with Crippen LogP contribution in [0.1, 0.15) is 20.8 Å². The molecule has 4 nitrogen and oxygen atoms in total. The van der Waals surface area contributed by atoms with Gasteiger partial charge in [-0.1, -0.05) is 0 Å². The van der Waals surface area contributed by atoms with Gasteiger partial charge in [-0.2, -0.15) is 10.4 Å². The standard InChI is InChI=1S/C8H14N4/c1-4-11-6-10-12(7(2)3)8(11)5-9/h6-8H,4H2,1-3H3. The fourth-order valence-corrected chi connectivity index (χ4v) is 1.21. The summed E-state index contributed by atoms with van der Waals surface area (Å²) < 4.78 is 0. The molecule has 1 heterocycles. The van der Waals surface area contributed by atoms with Gasteiger partial charge in [0.1, 0.15) is 12.4 Å². The van der Waals surface area contributed by atoms with E-state index in [1.54, 1.807) is 6.34 Å². The van der Waals surface area contributed by atoms with E-state index in [2.05, 4.69) is 11.2 Å². The van der Waals surface area contributed by atoms with E-state index in [-0.39, 0.29) is 12.2 Å². The third kappa shape index (κ3) is 1.35. The molecule has 1 aliphatic heterocycles. The molecule has 0 radical (unpaired) electrons. The number of nitrogens with zero attached hydrogens (tertiary/aromatic N) is 4. The lowest BCUT2D eigenvalue weighted by Crippen LogP contribution is -2.41. The Hall–Kier alpha value is -1.24. The summed E-state index contributed by atoms with van der Waals surface area (Å²) in [7, 11) is 0. The zero-order chi connectivity index (χ0) is 9.14. The van der Waals surface area contributed by atoms with Gasteiger partial charge < -0.3 is 4.90 Å². The van der Waals surface area contributed by atoms with Gasteiger partial charge in [0.25, 0.3) is 0 Å². The van der Waals surface area contributed by atoms with E-state index in [1.165, 1.54) is 0 Å². The molecule has 0 aromatic heterocycles. The van der Waals surface area contributed by atoms with Crippen molar-refractivity contribution in [2.24, 2.45) is 5.10 Å². The second-order valence-corrected chi connectivity index (χ2v) is 3.04. The van der Waals surface area contributed by atoms with Crippen molar-refractivity contribution in [2.45, 2.75) is 33.0 Å². The predicted molar refractivity (Wildman–Crippen MR) is 47.2 cm³/mol. The van der Waals surface area contributed by atoms with Crippen LogP contribution in [0.5, 0.6) is 0 Å². The molecule has 0 bridgehead atoms. The fourth-order valence-electron chi connectivity index (χ4n) is 1.21. The first-order valence-corrected chi connectivity index (χ1v) is 4.18. The minimum atomic E-state index is -0.213. The van der Waals surface area contributed by atoms with Crippen LogP contribution in [0, 0.1) is 11.3 Å². The zero-order valence-electron chi connectivity index (χ0n) is 7.73. The van der Waals surface area contributed by atoms with Crippen molar-refractivity contribution in [1.82, 2.24) is 9.91 Å². The maximum Gasteiger partial charge on any atom is 0.207 e. The van der Waals surface area contributed by atoms with Crippen molar-refractivity contribution in [1.29, 1.82) is 5.26 Å². The Morgan fingerprint density at radius 2 is 2.33 bits per heavy atom. The fraction of sp³-hybridized carbons (Fsp3) is 0.750. The lowest BCUT2D eigenvalue weighted by atomic mass is 10.3. The van der Waals surface area contributed by atoms with Gasteiger partial charge in [-0.05, 0) is 20.8 Å². The highest BCUT2D eigenvalue weighted by Crippen LogP contribution is 2.14. The molecule has 12 heavy (non-hydrogen) atoms. The van der Waals surface area contributed by atoms with Gasteiger partial charge in [-0.15, -0.1) is 0 Å². The van der Waals surface area contributed by atoms with Crippen LogP contribution in [-0.4, -0.2) is 35.0 Å². The van der Waals surface area contributed by atoms with Gasteiger partial charge in [0.15, 0.2) is 0 Å². The zero-order valence-corrected chi connectivity index (χ0v) is 7.73. The summed E-state index contributed by atoms with van der Waals surface area (Å²) in [6.45, 7) is 6.90. The first kappa shape index (κ1) is 8.85. The van der Waals surface area contributed by atoms with Crippen LogP contribution in [0.2, 0.25) is 0 Å². The second-order valence-electron chi connectivity index (χ2n) is 3.04. The summed E-state index contributed by atoms with van der Waals surface area (Å²) in [5.74, 6) is 0. The molecule has 1 atom stereocenters. The molecular weight excluding hydrogens is 152 g/mol. The van der Waals surface area contributed by atoms with Crippen molar-refractivity contribution in [3.8, 4) is 6.07 Å². The predicted octanol–water partition coefficient (Wildman–Crippen LogP) is 0.825. The molecule has 0 spiro atoms. The van der Waals surface area contributed by atoms with Crippen molar-refractivity contribution in [2.75, 3.05) is 6.54 Å². The Labute approximate surface area is 73.1 Å². The maximum atomic E-state index is 8.87. The van der Waals surface area contributed by atoms with Crippen LogP contribution >= 0.6 is 0 Å². The number of nitriles is 1. The minimum Gasteiger partial charge on any atom is -0.328 e. The Balaban J connectivity index is 2.70. The summed E-state index contributed by atoms with van der Waals surface area (Å²) in [6.07, 6.45) is 1.52. The lowest BCUT2D eigenvalue weighted by molar-refractivity contribution is 0.144. The third-order valence-electron chi connectivity index (χ3n) is 1.91. The molecule has 0 aromatic rings. The monoisotopic (exact) mass is 166 g/mol. The van der Waals surface area contributed by atoms with Crippen LogP contribution < -0.4 is 0 Å². The van der Waals surface area contributed by atoms with E-state index in [9.17, 15) is 0 Å². The van der Waals surface area contributed by atoms with Crippen molar-refractivity contribution >= 4 is 6.34 Å². The summed E-state index contributed by atoms with van der Waals surface area (Å²) >= 11 is 0. The van der Waals surface area contributed by atoms with Gasteiger partial charge in [-0.25, -0.2) is 0 Å². The van der Waals surface area contributed by atoms with Crippen LogP contribution in [0.4, 0.5) is 0 Å². The highest BCUT2D eigenvalue weighted by atomic mass is 15.6. The van der Waals surface area contributed by atoms with E-state index < -0.39 is 0 Å². The molecule has 1 rings (SSSR count). The number of hydrazone groups is 1. The van der Waals surface area contributed by atoms with Gasteiger partial charge >= 0.3 is 0 Å². The molecule has 1 aliphatic rings. The molecule has 0 aliphatic carbocycles. The molecule has 0 amide bonds. The number of hydrogen-bond donors (Lipinski definition) is 0. The van der Waals surface area contributed by atoms with Crippen LogP contribution in [0.3, 0.4) is 0 Å². The van der Waals surface area contributed by atoms with Crippen molar-refractivity contribution in [3.63, 3.8) is 0 Å². The molecule has 1 unspecified atom stereocenters. The third-order valence-corrected chi connectivity index (χ3v) is 1.91. The van der Waals surface area contributed by atoms with E-state index in [1.807, 2.05) is 30.7 Å². The smallest absolute Gasteiger partial charge is 0.207 e. The Kier molecular flexibility index (Phi) is 2.54. The molecule has 0 saturated carbocycles. The van der Waals surface area contributed by atoms with Crippen LogP contribution in [0.25, 0.3) is 0 Å². The lowest BCUT2D eigenvalue weighted by Gasteiger charge is -2.26. The molecule has 4 heteroatoms. The summed E-state index contributed by atoms with van der Waals surface area (Å²) in [5, 5.41) is 14.8.